The van der Waals surface area contributed by atoms with Crippen molar-refractivity contribution in [3.63, 3.8) is 0 Å². The molecular weight excluding hydrogens is 621 g/mol. The lowest BCUT2D eigenvalue weighted by Crippen LogP contribution is -2.54. The van der Waals surface area contributed by atoms with E-state index in [0.717, 1.165) is 12.2 Å². The van der Waals surface area contributed by atoms with Crippen LogP contribution >= 0.6 is 0 Å². The zero-order valence-corrected chi connectivity index (χ0v) is 36.8. The van der Waals surface area contributed by atoms with E-state index < -0.39 is 30.4 Å². The second kappa shape index (κ2) is 15.4. The predicted octanol–water partition coefficient (Wildman–Crippen LogP) is 11.3. The van der Waals surface area contributed by atoms with Crippen LogP contribution in [0.4, 0.5) is 0 Å². The molecule has 0 aliphatic rings. The Labute approximate surface area is 288 Å². The third kappa shape index (κ3) is 11.1. The van der Waals surface area contributed by atoms with Gasteiger partial charge < -0.3 is 18.0 Å². The fraction of sp³-hybridized carbons (Fsp3) is 0.816. The molecule has 0 bridgehead atoms. The number of carbonyl (C=O) groups excluding carboxylic acids is 1. The van der Waals surface area contributed by atoms with Crippen LogP contribution in [0.25, 0.3) is 0 Å². The summed E-state index contributed by atoms with van der Waals surface area (Å²) in [7, 11) is -4.64. The lowest BCUT2D eigenvalue weighted by Gasteiger charge is -2.47. The zero-order chi connectivity index (χ0) is 36.3. The highest BCUT2D eigenvalue weighted by molar-refractivity contribution is 6.75. The molecule has 268 valence electrons. The lowest BCUT2D eigenvalue weighted by atomic mass is 9.73. The van der Waals surface area contributed by atoms with Crippen LogP contribution in [0.1, 0.15) is 102 Å². The van der Waals surface area contributed by atoms with Crippen LogP contribution in [0.15, 0.2) is 24.3 Å². The van der Waals surface area contributed by atoms with Gasteiger partial charge in [-0.15, -0.1) is 0 Å². The standard InChI is InChI=1S/C38H74O5Si3/c1-28(27-30-21-23-31(40-14)24-22-30)33(43-46(19,20)37(9,10)11)29(2)34(39)38(12,13)32(42-45(17,18)36(6,7)8)25-26-41-44(15,16)35(3,4)5/h21-24,28-29,32-33H,25-27H2,1-20H3/t28-,29+,32+,33-/m0/s1. The quantitative estimate of drug-likeness (QED) is 0.161. The van der Waals surface area contributed by atoms with Gasteiger partial charge in [0.2, 0.25) is 0 Å². The Morgan fingerprint density at radius 2 is 1.13 bits per heavy atom. The van der Waals surface area contributed by atoms with Gasteiger partial charge in [-0.25, -0.2) is 0 Å². The summed E-state index contributed by atoms with van der Waals surface area (Å²) in [6.07, 6.45) is 1.05. The number of rotatable bonds is 16. The molecule has 0 saturated carbocycles. The van der Waals surface area contributed by atoms with Crippen molar-refractivity contribution in [3.8, 4) is 5.75 Å². The summed E-state index contributed by atoms with van der Waals surface area (Å²) >= 11 is 0. The van der Waals surface area contributed by atoms with Gasteiger partial charge in [-0.1, -0.05) is 102 Å². The number of hydrogen-bond donors (Lipinski definition) is 0. The van der Waals surface area contributed by atoms with Gasteiger partial charge in [-0.3, -0.25) is 4.79 Å². The van der Waals surface area contributed by atoms with E-state index in [1.54, 1.807) is 7.11 Å². The topological polar surface area (TPSA) is 54.0 Å². The van der Waals surface area contributed by atoms with Crippen molar-refractivity contribution in [1.29, 1.82) is 0 Å². The van der Waals surface area contributed by atoms with Crippen molar-refractivity contribution in [1.82, 2.24) is 0 Å². The van der Waals surface area contributed by atoms with Crippen molar-refractivity contribution < 1.29 is 22.8 Å². The molecule has 0 aliphatic heterocycles. The summed E-state index contributed by atoms with van der Waals surface area (Å²) in [6.45, 7) is 43.3. The largest absolute Gasteiger partial charge is 0.497 e. The van der Waals surface area contributed by atoms with E-state index >= 15 is 0 Å². The molecule has 0 saturated heterocycles. The molecule has 0 aliphatic carbocycles. The third-order valence-corrected chi connectivity index (χ3v) is 25.3. The summed E-state index contributed by atoms with van der Waals surface area (Å²) < 4.78 is 26.4. The fourth-order valence-electron chi connectivity index (χ4n) is 5.11. The van der Waals surface area contributed by atoms with Crippen LogP contribution < -0.4 is 4.74 Å². The van der Waals surface area contributed by atoms with E-state index in [2.05, 4.69) is 141 Å². The second-order valence-corrected chi connectivity index (χ2v) is 33.3. The Balaban J connectivity index is 3.54. The van der Waals surface area contributed by atoms with Crippen LogP contribution in [0.5, 0.6) is 5.75 Å². The Morgan fingerprint density at radius 3 is 1.54 bits per heavy atom. The minimum Gasteiger partial charge on any atom is -0.497 e. The van der Waals surface area contributed by atoms with Crippen molar-refractivity contribution in [2.45, 2.75) is 169 Å². The average Bonchev–Trinajstić information content (AvgIpc) is 2.88. The van der Waals surface area contributed by atoms with Gasteiger partial charge in [0.1, 0.15) is 11.5 Å². The maximum absolute atomic E-state index is 14.9. The molecule has 0 unspecified atom stereocenters. The molecule has 0 amide bonds. The van der Waals surface area contributed by atoms with Gasteiger partial charge in [0, 0.05) is 17.9 Å². The first kappa shape index (κ1) is 43.2. The first-order valence-corrected chi connectivity index (χ1v) is 26.3. The number of ether oxygens (including phenoxy) is 1. The molecule has 0 heterocycles. The summed E-state index contributed by atoms with van der Waals surface area (Å²) in [5, 5.41) is 0.173. The van der Waals surface area contributed by atoms with Crippen LogP contribution in [0.3, 0.4) is 0 Å². The van der Waals surface area contributed by atoms with Gasteiger partial charge in [-0.05, 0) is 90.9 Å². The highest BCUT2D eigenvalue weighted by Gasteiger charge is 2.49. The summed E-state index contributed by atoms with van der Waals surface area (Å²) in [5.41, 5.74) is 0.499. The average molecular weight is 695 g/mol. The Kier molecular flexibility index (Phi) is 14.5. The summed E-state index contributed by atoms with van der Waals surface area (Å²) in [4.78, 5) is 14.9. The molecular formula is C38H74O5Si3. The van der Waals surface area contributed by atoms with Gasteiger partial charge in [-0.2, -0.15) is 0 Å². The van der Waals surface area contributed by atoms with E-state index in [-0.39, 0.29) is 44.9 Å². The number of methoxy groups -OCH3 is 1. The molecule has 8 heteroatoms. The van der Waals surface area contributed by atoms with Gasteiger partial charge in [0.25, 0.3) is 0 Å². The summed E-state index contributed by atoms with van der Waals surface area (Å²) in [5.74, 6) is 0.901. The van der Waals surface area contributed by atoms with E-state index in [1.165, 1.54) is 5.56 Å². The van der Waals surface area contributed by atoms with Gasteiger partial charge in [0.05, 0.1) is 19.3 Å². The first-order valence-electron chi connectivity index (χ1n) is 17.6. The maximum atomic E-state index is 14.9. The van der Waals surface area contributed by atoms with Crippen molar-refractivity contribution in [3.05, 3.63) is 29.8 Å². The van der Waals surface area contributed by atoms with E-state index in [0.29, 0.717) is 13.0 Å². The molecule has 1 rings (SSSR count). The molecule has 5 nitrogen and oxygen atoms in total. The molecule has 0 N–H and O–H groups in total. The number of carbonyl (C=O) groups is 1. The smallest absolute Gasteiger partial charge is 0.192 e. The zero-order valence-electron chi connectivity index (χ0n) is 33.8. The molecule has 0 spiro atoms. The van der Waals surface area contributed by atoms with Crippen LogP contribution in [0, 0.1) is 17.3 Å². The molecule has 0 radical (unpaired) electrons. The lowest BCUT2D eigenvalue weighted by molar-refractivity contribution is -0.140. The number of benzene rings is 1. The monoisotopic (exact) mass is 694 g/mol. The minimum atomic E-state index is -2.19. The SMILES string of the molecule is COc1ccc(C[C@H](C)[C@H](O[Si](C)(C)C(C)(C)C)[C@@H](C)C(=O)C(C)(C)[C@@H](CCO[Si](C)(C)C(C)(C)C)O[Si](C)(C)C(C)(C)C)cc1. The van der Waals surface area contributed by atoms with E-state index in [9.17, 15) is 4.79 Å². The predicted molar refractivity (Wildman–Crippen MR) is 206 cm³/mol. The highest BCUT2D eigenvalue weighted by Crippen LogP contribution is 2.44. The Bertz CT molecular complexity index is 1110. The van der Waals surface area contributed by atoms with Crippen LogP contribution in [-0.4, -0.2) is 56.7 Å². The summed E-state index contributed by atoms with van der Waals surface area (Å²) in [6, 6.07) is 8.28. The molecule has 0 aromatic heterocycles. The normalized spacial score (nSPS) is 17.0. The van der Waals surface area contributed by atoms with Crippen molar-refractivity contribution in [2.75, 3.05) is 13.7 Å². The van der Waals surface area contributed by atoms with Gasteiger partial charge in [0.15, 0.2) is 25.0 Å². The number of ketones is 1. The number of Topliss-reactive ketones (excluding diaryl/α,β-unsaturated/α-hetero) is 1. The van der Waals surface area contributed by atoms with Gasteiger partial charge >= 0.3 is 0 Å². The highest BCUT2D eigenvalue weighted by atomic mass is 28.4. The molecule has 0 fully saturated rings. The fourth-order valence-corrected chi connectivity index (χ4v) is 9.12. The third-order valence-electron chi connectivity index (χ3n) is 11.8. The first-order chi connectivity index (χ1) is 20.4. The van der Waals surface area contributed by atoms with Crippen molar-refractivity contribution in [2.24, 2.45) is 17.3 Å². The second-order valence-electron chi connectivity index (χ2n) is 19.0. The Morgan fingerprint density at radius 1 is 0.696 bits per heavy atom. The van der Waals surface area contributed by atoms with E-state index in [1.807, 2.05) is 12.1 Å². The molecule has 4 atom stereocenters. The van der Waals surface area contributed by atoms with E-state index in [4.69, 9.17) is 18.0 Å². The Hall–Kier alpha value is -0.779. The van der Waals surface area contributed by atoms with Crippen LogP contribution in [-0.2, 0) is 24.5 Å². The minimum absolute atomic E-state index is 0.0249. The maximum Gasteiger partial charge on any atom is 0.192 e. The van der Waals surface area contributed by atoms with Crippen molar-refractivity contribution >= 4 is 30.7 Å². The van der Waals surface area contributed by atoms with Crippen LogP contribution in [0.2, 0.25) is 54.4 Å². The molecule has 1 aromatic carbocycles. The number of hydrogen-bond acceptors (Lipinski definition) is 5. The molecule has 1 aromatic rings. The molecule has 46 heavy (non-hydrogen) atoms.